The van der Waals surface area contributed by atoms with Gasteiger partial charge in [0.2, 0.25) is 0 Å². The zero-order valence-electron chi connectivity index (χ0n) is 60.6. The van der Waals surface area contributed by atoms with Gasteiger partial charge in [0.05, 0.1) is 0 Å². The van der Waals surface area contributed by atoms with Crippen LogP contribution in [0.25, 0.3) is 97.3 Å². The number of fused-ring (bicyclic) bond motifs is 8. The number of hydrogen-bond acceptors (Lipinski definition) is 0. The molecule has 0 amide bonds. The molecule has 10 aromatic carbocycles. The average Bonchev–Trinajstić information content (AvgIpc) is 0.731. The van der Waals surface area contributed by atoms with E-state index < -0.39 is 32.3 Å². The average molecular weight is 1280 g/mol. The molecule has 0 radical (unpaired) electrons. The minimum Gasteiger partial charge on any atom is -0.125 e. The lowest BCUT2D eigenvalue weighted by molar-refractivity contribution is 0.838. The first kappa shape index (κ1) is 68.3. The van der Waals surface area contributed by atoms with Gasteiger partial charge in [0, 0.05) is 22.3 Å². The monoisotopic (exact) mass is 1270 g/mol. The molecule has 0 atom stereocenters. The fourth-order valence-corrected chi connectivity index (χ4v) is 39.5. The Kier molecular flexibility index (Phi) is 19.5. The van der Waals surface area contributed by atoms with E-state index >= 15 is 0 Å². The number of rotatable bonds is 13. The van der Waals surface area contributed by atoms with Gasteiger partial charge >= 0.3 is 0 Å². The summed E-state index contributed by atoms with van der Waals surface area (Å²) in [6.07, 6.45) is 0. The van der Waals surface area contributed by atoms with Crippen molar-refractivity contribution in [1.29, 1.82) is 0 Å². The summed E-state index contributed by atoms with van der Waals surface area (Å²) in [5.74, 6) is 16.6. The molecule has 0 aromatic heterocycles. The lowest BCUT2D eigenvalue weighted by Crippen LogP contribution is -2.43. The van der Waals surface area contributed by atoms with Crippen LogP contribution >= 0.6 is 0 Å². The maximum Gasteiger partial charge on any atom is 0.146 e. The highest BCUT2D eigenvalue weighted by Crippen LogP contribution is 2.48. The van der Waals surface area contributed by atoms with Crippen molar-refractivity contribution in [2.24, 2.45) is 0 Å². The molecule has 10 aromatic rings. The Balaban J connectivity index is 1.34. The van der Waals surface area contributed by atoms with Gasteiger partial charge in [-0.05, 0) is 218 Å². The molecule has 10 rings (SSSR count). The number of hydrogen-bond donors (Lipinski definition) is 0. The van der Waals surface area contributed by atoms with E-state index in [-0.39, 0.29) is 0 Å². The molecule has 0 saturated heterocycles. The minimum absolute atomic E-state index is 0.495. The van der Waals surface area contributed by atoms with Crippen molar-refractivity contribution in [3.05, 3.63) is 156 Å². The molecule has 0 saturated carbocycles. The van der Waals surface area contributed by atoms with Gasteiger partial charge in [0.15, 0.2) is 0 Å². The maximum atomic E-state index is 4.27. The summed E-state index contributed by atoms with van der Waals surface area (Å²) in [4.78, 5) is 0. The normalized spacial score (nSPS) is 13.0. The molecule has 0 unspecified atom stereocenters. The fourth-order valence-electron chi connectivity index (χ4n) is 18.7. The van der Waals surface area contributed by atoms with Crippen molar-refractivity contribution in [2.45, 2.75) is 233 Å². The van der Waals surface area contributed by atoms with Crippen LogP contribution in [-0.2, 0) is 0 Å². The van der Waals surface area contributed by atoms with Gasteiger partial charge in [0.25, 0.3) is 0 Å². The molecule has 0 heterocycles. The second-order valence-corrected chi connectivity index (χ2v) is 53.8. The standard InChI is InChI=1S/C88H106Si4/c1-55(2)89(56(3)4,57(5)6)42-38-76-81-47-67-30-25-26-32-69(67)49-83(81)78(40-44-91(61(13)14,62(15)16)63(17)18)87-53-74-46-73(37-36-71(74)51-85(76)87)75-35-29-34-72-52-86-77(39-43-90(58(7)8,59(9)10)60(11)12)82-48-68-31-27-28-33-70(68)50-84(82)79(88(86)54-80(72)75)41-45-92(64(19)20,65(21)22)66(23)24/h25-37,46-66H,1-24H3. The summed E-state index contributed by atoms with van der Waals surface area (Å²) in [5.41, 5.74) is 30.0. The van der Waals surface area contributed by atoms with Crippen molar-refractivity contribution in [1.82, 2.24) is 0 Å². The minimum atomic E-state index is -2.18. The van der Waals surface area contributed by atoms with E-state index in [0.717, 1.165) is 22.3 Å². The smallest absolute Gasteiger partial charge is 0.125 e. The topological polar surface area (TPSA) is 0 Å². The largest absolute Gasteiger partial charge is 0.146 e. The third kappa shape index (κ3) is 11.4. The van der Waals surface area contributed by atoms with Gasteiger partial charge in [-0.3, -0.25) is 0 Å². The quantitative estimate of drug-likeness (QED) is 0.0613. The van der Waals surface area contributed by atoms with Gasteiger partial charge in [-0.1, -0.05) is 269 Å². The molecule has 474 valence electrons. The highest BCUT2D eigenvalue weighted by atomic mass is 28.3. The zero-order valence-corrected chi connectivity index (χ0v) is 64.6. The first-order valence-electron chi connectivity index (χ1n) is 35.3. The Morgan fingerprint density at radius 2 is 0.435 bits per heavy atom. The van der Waals surface area contributed by atoms with Crippen LogP contribution in [0.2, 0.25) is 66.5 Å². The maximum absolute atomic E-state index is 4.27. The SMILES string of the molecule is CC(C)[Si](C#Cc1c2cc3ccccc3cc2c(C#C[Si](C(C)C)(C(C)C)C(C)C)c2cc3cc(-c4cccc5cc6c(C#C[Si](C(C)C)(C(C)C)C(C)C)c7cc8ccccc8cc7c(C#C[Si](C(C)C)(C(C)C)C(C)C)c6cc45)ccc3cc12)(C(C)C)C(C)C. The first-order chi connectivity index (χ1) is 43.5. The van der Waals surface area contributed by atoms with Crippen molar-refractivity contribution in [3.63, 3.8) is 0 Å². The predicted molar refractivity (Wildman–Crippen MR) is 424 cm³/mol. The van der Waals surface area contributed by atoms with Crippen LogP contribution in [0.4, 0.5) is 0 Å². The van der Waals surface area contributed by atoms with E-state index in [9.17, 15) is 0 Å². The second-order valence-electron chi connectivity index (χ2n) is 31.5. The molecule has 0 spiro atoms. The molecule has 0 aliphatic heterocycles. The zero-order chi connectivity index (χ0) is 66.8. The molecule has 0 aliphatic rings. The van der Waals surface area contributed by atoms with Crippen LogP contribution in [0.15, 0.2) is 133 Å². The Morgan fingerprint density at radius 3 is 0.707 bits per heavy atom. The van der Waals surface area contributed by atoms with Crippen LogP contribution in [0, 0.1) is 45.9 Å². The van der Waals surface area contributed by atoms with E-state index in [0.29, 0.717) is 66.5 Å². The molecule has 0 bridgehead atoms. The summed E-state index contributed by atoms with van der Waals surface area (Å²) in [6.45, 7) is 58.4. The predicted octanol–water partition coefficient (Wildman–Crippen LogP) is 26.9. The molecular formula is C88H106Si4. The van der Waals surface area contributed by atoms with E-state index in [2.05, 4.69) is 345 Å². The van der Waals surface area contributed by atoms with Gasteiger partial charge in [-0.25, -0.2) is 0 Å². The lowest BCUT2D eigenvalue weighted by atomic mass is 9.87. The van der Waals surface area contributed by atoms with Crippen molar-refractivity contribution < 1.29 is 0 Å². The third-order valence-electron chi connectivity index (χ3n) is 23.3. The second kappa shape index (κ2) is 26.3. The highest BCUT2D eigenvalue weighted by Gasteiger charge is 2.45. The van der Waals surface area contributed by atoms with Gasteiger partial charge < -0.3 is 0 Å². The van der Waals surface area contributed by atoms with Crippen LogP contribution in [0.3, 0.4) is 0 Å². The van der Waals surface area contributed by atoms with E-state index in [1.54, 1.807) is 0 Å². The van der Waals surface area contributed by atoms with Crippen LogP contribution in [-0.4, -0.2) is 32.3 Å². The lowest BCUT2D eigenvalue weighted by Gasteiger charge is -2.38. The third-order valence-corrected chi connectivity index (χ3v) is 48.5. The fraction of sp³-hybridized carbons (Fsp3) is 0.409. The van der Waals surface area contributed by atoms with E-state index in [1.165, 1.54) is 97.3 Å². The van der Waals surface area contributed by atoms with Gasteiger partial charge in [0.1, 0.15) is 32.3 Å². The first-order valence-corrected chi connectivity index (χ1v) is 44.3. The van der Waals surface area contributed by atoms with Gasteiger partial charge in [-0.15, -0.1) is 22.2 Å². The van der Waals surface area contributed by atoms with E-state index in [1.807, 2.05) is 0 Å². The Hall–Kier alpha value is -6.61. The number of benzene rings is 10. The molecule has 92 heavy (non-hydrogen) atoms. The molecule has 0 fully saturated rings. The molecular weight excluding hydrogens is 1170 g/mol. The van der Waals surface area contributed by atoms with Crippen LogP contribution in [0.5, 0.6) is 0 Å². The summed E-state index contributed by atoms with van der Waals surface area (Å²) < 4.78 is 0. The van der Waals surface area contributed by atoms with Crippen LogP contribution in [0.1, 0.15) is 188 Å². The Labute approximate surface area is 560 Å². The summed E-state index contributed by atoms with van der Waals surface area (Å²) in [5, 5.41) is 19.4. The molecule has 0 aliphatic carbocycles. The highest BCUT2D eigenvalue weighted by molar-refractivity contribution is 6.92. The molecule has 4 heteroatoms. The summed E-state index contributed by atoms with van der Waals surface area (Å²) >= 11 is 0. The van der Waals surface area contributed by atoms with Crippen LogP contribution < -0.4 is 0 Å². The van der Waals surface area contributed by atoms with Crippen molar-refractivity contribution >= 4 is 118 Å². The van der Waals surface area contributed by atoms with Gasteiger partial charge in [-0.2, -0.15) is 0 Å². The molecule has 0 nitrogen and oxygen atoms in total. The summed E-state index contributed by atoms with van der Waals surface area (Å²) in [6, 6.07) is 51.7. The van der Waals surface area contributed by atoms with Crippen molar-refractivity contribution in [3.8, 4) is 57.0 Å². The Morgan fingerprint density at radius 1 is 0.207 bits per heavy atom. The Bertz CT molecular complexity index is 4690. The molecule has 0 N–H and O–H groups in total. The summed E-state index contributed by atoms with van der Waals surface area (Å²) in [7, 11) is -8.66. The van der Waals surface area contributed by atoms with E-state index in [4.69, 9.17) is 0 Å². The van der Waals surface area contributed by atoms with Crippen molar-refractivity contribution in [2.75, 3.05) is 0 Å².